The minimum Gasteiger partial charge on any atom is -0.319 e. The first-order valence-electron chi connectivity index (χ1n) is 7.57. The van der Waals surface area contributed by atoms with Crippen molar-refractivity contribution in [3.05, 3.63) is 83.2 Å². The number of hydrogen-bond acceptors (Lipinski definition) is 2. The summed E-state index contributed by atoms with van der Waals surface area (Å²) >= 11 is 0. The molecule has 1 amide bonds. The molecule has 0 aliphatic carbocycles. The van der Waals surface area contributed by atoms with Gasteiger partial charge in [0.05, 0.1) is 18.4 Å². The standard InChI is InChI=1S/C19H19N3O/c1-14-7-3-5-9-16(14)12-22-13-17(11-20-22)21-19(23)18-10-6-4-8-15(18)2/h3-11,13H,12H2,1-2H3,(H,21,23). The van der Waals surface area contributed by atoms with Gasteiger partial charge in [-0.2, -0.15) is 5.10 Å². The zero-order valence-electron chi connectivity index (χ0n) is 13.3. The summed E-state index contributed by atoms with van der Waals surface area (Å²) < 4.78 is 1.83. The average Bonchev–Trinajstić information content (AvgIpc) is 2.97. The number of amides is 1. The van der Waals surface area contributed by atoms with E-state index in [9.17, 15) is 4.79 Å². The highest BCUT2D eigenvalue weighted by Gasteiger charge is 2.10. The largest absolute Gasteiger partial charge is 0.319 e. The first-order chi connectivity index (χ1) is 11.1. The molecule has 0 atom stereocenters. The number of rotatable bonds is 4. The topological polar surface area (TPSA) is 46.9 Å². The highest BCUT2D eigenvalue weighted by molar-refractivity contribution is 6.05. The van der Waals surface area contributed by atoms with Gasteiger partial charge in [0.25, 0.3) is 5.91 Å². The maximum absolute atomic E-state index is 12.3. The fourth-order valence-electron chi connectivity index (χ4n) is 2.50. The van der Waals surface area contributed by atoms with Gasteiger partial charge in [0.1, 0.15) is 0 Å². The number of aromatic nitrogens is 2. The number of carbonyl (C=O) groups is 1. The van der Waals surface area contributed by atoms with Crippen LogP contribution in [0.4, 0.5) is 5.69 Å². The third-order valence-corrected chi connectivity index (χ3v) is 3.87. The maximum Gasteiger partial charge on any atom is 0.256 e. The van der Waals surface area contributed by atoms with Crippen LogP contribution in [0.3, 0.4) is 0 Å². The SMILES string of the molecule is Cc1ccccc1Cn1cc(NC(=O)c2ccccc2C)cn1. The second kappa shape index (κ2) is 6.48. The molecular formula is C19H19N3O. The zero-order chi connectivity index (χ0) is 16.2. The van der Waals surface area contributed by atoms with Crippen molar-refractivity contribution in [3.63, 3.8) is 0 Å². The third kappa shape index (κ3) is 3.48. The highest BCUT2D eigenvalue weighted by Crippen LogP contribution is 2.14. The summed E-state index contributed by atoms with van der Waals surface area (Å²) in [6.07, 6.45) is 3.52. The number of anilines is 1. The first kappa shape index (κ1) is 15.0. The molecule has 1 aromatic heterocycles. The number of nitrogens with zero attached hydrogens (tertiary/aromatic N) is 2. The number of benzene rings is 2. The summed E-state index contributed by atoms with van der Waals surface area (Å²) in [6.45, 7) is 4.70. The molecule has 3 aromatic rings. The van der Waals surface area contributed by atoms with Crippen LogP contribution in [-0.4, -0.2) is 15.7 Å². The van der Waals surface area contributed by atoms with Crippen molar-refractivity contribution in [2.75, 3.05) is 5.32 Å². The van der Waals surface area contributed by atoms with Gasteiger partial charge < -0.3 is 5.32 Å². The average molecular weight is 305 g/mol. The number of aryl methyl sites for hydroxylation is 2. The van der Waals surface area contributed by atoms with E-state index in [2.05, 4.69) is 29.5 Å². The van der Waals surface area contributed by atoms with Gasteiger partial charge in [0, 0.05) is 11.8 Å². The van der Waals surface area contributed by atoms with Crippen molar-refractivity contribution in [2.24, 2.45) is 0 Å². The Hall–Kier alpha value is -2.88. The molecule has 0 aliphatic rings. The van der Waals surface area contributed by atoms with Crippen LogP contribution in [0, 0.1) is 13.8 Å². The van der Waals surface area contributed by atoms with Gasteiger partial charge in [-0.1, -0.05) is 42.5 Å². The third-order valence-electron chi connectivity index (χ3n) is 3.87. The lowest BCUT2D eigenvalue weighted by Gasteiger charge is -2.06. The van der Waals surface area contributed by atoms with E-state index in [1.807, 2.05) is 54.2 Å². The molecule has 0 spiro atoms. The second-order valence-corrected chi connectivity index (χ2v) is 5.62. The van der Waals surface area contributed by atoms with Crippen molar-refractivity contribution in [2.45, 2.75) is 20.4 Å². The predicted octanol–water partition coefficient (Wildman–Crippen LogP) is 3.80. The molecule has 0 saturated carbocycles. The maximum atomic E-state index is 12.3. The minimum absolute atomic E-state index is 0.112. The highest BCUT2D eigenvalue weighted by atomic mass is 16.1. The Morgan fingerprint density at radius 3 is 2.48 bits per heavy atom. The van der Waals surface area contributed by atoms with E-state index in [4.69, 9.17) is 0 Å². The van der Waals surface area contributed by atoms with Crippen LogP contribution >= 0.6 is 0 Å². The number of nitrogens with one attached hydrogen (secondary N) is 1. The molecule has 0 unspecified atom stereocenters. The van der Waals surface area contributed by atoms with Gasteiger partial charge in [-0.15, -0.1) is 0 Å². The van der Waals surface area contributed by atoms with Crippen LogP contribution in [-0.2, 0) is 6.54 Å². The van der Waals surface area contributed by atoms with Crippen LogP contribution < -0.4 is 5.32 Å². The van der Waals surface area contributed by atoms with Crippen LogP contribution in [0.1, 0.15) is 27.0 Å². The summed E-state index contributed by atoms with van der Waals surface area (Å²) in [4.78, 5) is 12.3. The molecule has 0 radical (unpaired) electrons. The van der Waals surface area contributed by atoms with Crippen molar-refractivity contribution >= 4 is 11.6 Å². The first-order valence-corrected chi connectivity index (χ1v) is 7.57. The Morgan fingerprint density at radius 1 is 1.04 bits per heavy atom. The quantitative estimate of drug-likeness (QED) is 0.797. The van der Waals surface area contributed by atoms with Crippen LogP contribution in [0.15, 0.2) is 60.9 Å². The second-order valence-electron chi connectivity index (χ2n) is 5.62. The Kier molecular flexibility index (Phi) is 4.24. The zero-order valence-corrected chi connectivity index (χ0v) is 13.3. The van der Waals surface area contributed by atoms with E-state index in [0.717, 1.165) is 5.56 Å². The Bertz CT molecular complexity index is 836. The van der Waals surface area contributed by atoms with E-state index in [-0.39, 0.29) is 5.91 Å². The van der Waals surface area contributed by atoms with E-state index in [1.54, 1.807) is 6.20 Å². The molecule has 2 aromatic carbocycles. The molecule has 1 N–H and O–H groups in total. The smallest absolute Gasteiger partial charge is 0.256 e. The van der Waals surface area contributed by atoms with Gasteiger partial charge in [-0.05, 0) is 36.6 Å². The molecule has 116 valence electrons. The van der Waals surface area contributed by atoms with Gasteiger partial charge >= 0.3 is 0 Å². The Labute approximate surface area is 135 Å². The predicted molar refractivity (Wildman–Crippen MR) is 91.6 cm³/mol. The van der Waals surface area contributed by atoms with E-state index >= 15 is 0 Å². The molecule has 0 aliphatic heterocycles. The molecule has 4 nitrogen and oxygen atoms in total. The normalized spacial score (nSPS) is 10.5. The molecule has 0 saturated heterocycles. The number of carbonyl (C=O) groups excluding carboxylic acids is 1. The Morgan fingerprint density at radius 2 is 1.74 bits per heavy atom. The molecular weight excluding hydrogens is 286 g/mol. The number of hydrogen-bond donors (Lipinski definition) is 1. The van der Waals surface area contributed by atoms with Crippen molar-refractivity contribution < 1.29 is 4.79 Å². The molecule has 4 heteroatoms. The minimum atomic E-state index is -0.112. The van der Waals surface area contributed by atoms with E-state index < -0.39 is 0 Å². The van der Waals surface area contributed by atoms with Gasteiger partial charge in [-0.25, -0.2) is 0 Å². The summed E-state index contributed by atoms with van der Waals surface area (Å²) in [7, 11) is 0. The van der Waals surface area contributed by atoms with E-state index in [1.165, 1.54) is 11.1 Å². The van der Waals surface area contributed by atoms with E-state index in [0.29, 0.717) is 17.8 Å². The summed E-state index contributed by atoms with van der Waals surface area (Å²) in [5.41, 5.74) is 4.78. The Balaban J connectivity index is 1.72. The van der Waals surface area contributed by atoms with Crippen molar-refractivity contribution in [1.82, 2.24) is 9.78 Å². The van der Waals surface area contributed by atoms with Crippen molar-refractivity contribution in [1.29, 1.82) is 0 Å². The molecule has 0 bridgehead atoms. The molecule has 3 rings (SSSR count). The monoisotopic (exact) mass is 305 g/mol. The molecule has 0 fully saturated rings. The van der Waals surface area contributed by atoms with Gasteiger partial charge in [0.15, 0.2) is 0 Å². The summed E-state index contributed by atoms with van der Waals surface area (Å²) in [6, 6.07) is 15.7. The van der Waals surface area contributed by atoms with Crippen LogP contribution in [0.25, 0.3) is 0 Å². The molecule has 1 heterocycles. The van der Waals surface area contributed by atoms with Gasteiger partial charge in [-0.3, -0.25) is 9.48 Å². The lowest BCUT2D eigenvalue weighted by molar-refractivity contribution is 0.102. The fourth-order valence-corrected chi connectivity index (χ4v) is 2.50. The van der Waals surface area contributed by atoms with Crippen molar-refractivity contribution in [3.8, 4) is 0 Å². The van der Waals surface area contributed by atoms with Crippen LogP contribution in [0.2, 0.25) is 0 Å². The fraction of sp³-hybridized carbons (Fsp3) is 0.158. The van der Waals surface area contributed by atoms with Gasteiger partial charge in [0.2, 0.25) is 0 Å². The lowest BCUT2D eigenvalue weighted by atomic mass is 10.1. The molecule has 23 heavy (non-hydrogen) atoms. The summed E-state index contributed by atoms with van der Waals surface area (Å²) in [5.74, 6) is -0.112. The summed E-state index contributed by atoms with van der Waals surface area (Å²) in [5, 5.41) is 7.22. The lowest BCUT2D eigenvalue weighted by Crippen LogP contribution is -2.12. The van der Waals surface area contributed by atoms with Crippen LogP contribution in [0.5, 0.6) is 0 Å².